The Morgan fingerprint density at radius 3 is 0.818 bits per heavy atom. The molecule has 77 heavy (non-hydrogen) atoms. The summed E-state index contributed by atoms with van der Waals surface area (Å²) in [5, 5.41) is 0. The number of rotatable bonds is 56. The van der Waals surface area contributed by atoms with Crippen molar-refractivity contribution in [3.63, 3.8) is 0 Å². The van der Waals surface area contributed by atoms with E-state index in [4.69, 9.17) is 14.2 Å². The van der Waals surface area contributed by atoms with Crippen LogP contribution in [0.4, 0.5) is 0 Å². The van der Waals surface area contributed by atoms with Crippen molar-refractivity contribution in [3.8, 4) is 0 Å². The highest BCUT2D eigenvalue weighted by atomic mass is 16.6. The Labute approximate surface area is 475 Å². The van der Waals surface area contributed by atoms with Gasteiger partial charge in [0.05, 0.1) is 0 Å². The number of carbonyl (C=O) groups is 3. The molecular formula is C71H116O6. The number of hydrogen-bond acceptors (Lipinski definition) is 6. The first-order valence-electron chi connectivity index (χ1n) is 31.7. The Bertz CT molecular complexity index is 1650. The Morgan fingerprint density at radius 2 is 0.506 bits per heavy atom. The summed E-state index contributed by atoms with van der Waals surface area (Å²) in [6.07, 6.45) is 90.2. The second-order valence-electron chi connectivity index (χ2n) is 20.6. The number of unbranched alkanes of at least 4 members (excludes halogenated alkanes) is 23. The summed E-state index contributed by atoms with van der Waals surface area (Å²) < 4.78 is 16.9. The van der Waals surface area contributed by atoms with Gasteiger partial charge in [0.25, 0.3) is 0 Å². The first kappa shape index (κ1) is 72.5. The van der Waals surface area contributed by atoms with Gasteiger partial charge in [0.15, 0.2) is 6.10 Å². The molecule has 436 valence electrons. The molecule has 0 radical (unpaired) electrons. The smallest absolute Gasteiger partial charge is 0.306 e. The van der Waals surface area contributed by atoms with Gasteiger partial charge in [-0.3, -0.25) is 14.4 Å². The highest BCUT2D eigenvalue weighted by molar-refractivity contribution is 5.71. The van der Waals surface area contributed by atoms with Crippen molar-refractivity contribution >= 4 is 17.9 Å². The number of carbonyl (C=O) groups excluding carboxylic acids is 3. The highest BCUT2D eigenvalue weighted by Crippen LogP contribution is 2.15. The largest absolute Gasteiger partial charge is 0.462 e. The Balaban J connectivity index is 4.49. The van der Waals surface area contributed by atoms with Crippen molar-refractivity contribution in [1.82, 2.24) is 0 Å². The van der Waals surface area contributed by atoms with Crippen molar-refractivity contribution in [1.29, 1.82) is 0 Å². The standard InChI is InChI=1S/C71H116O6/c1-4-7-10-13-16-19-22-25-28-30-32-34-35-37-38-40-43-46-49-52-55-58-61-64-70(73)76-67-68(66-75-69(72)63-60-57-54-51-48-45-42-27-24-21-18-15-12-9-6-3)77-71(74)65-62-59-56-53-50-47-44-41-39-36-33-31-29-26-23-20-17-14-11-8-5-2/h7-8,10-11,16-17,19-20,25-26,28-29,32-34,36-38,41,44,50,53,68H,4-6,9,12-15,18,21-24,27,30-31,35,39-40,42-43,45-49,51-52,54-67H2,1-3H3/b10-7-,11-8-,19-16-,20-17-,28-25-,29-26-,34-32-,36-33-,38-37-,44-41-,53-50-. The molecule has 0 aromatic carbocycles. The molecule has 0 heterocycles. The molecular weight excluding hydrogens is 949 g/mol. The van der Waals surface area contributed by atoms with E-state index in [2.05, 4.69) is 154 Å². The van der Waals surface area contributed by atoms with E-state index in [0.717, 1.165) is 128 Å². The van der Waals surface area contributed by atoms with E-state index in [-0.39, 0.29) is 37.5 Å². The van der Waals surface area contributed by atoms with E-state index >= 15 is 0 Å². The first-order chi connectivity index (χ1) is 38.0. The summed E-state index contributed by atoms with van der Waals surface area (Å²) in [6, 6.07) is 0. The van der Waals surface area contributed by atoms with Crippen LogP contribution in [-0.4, -0.2) is 37.2 Å². The Kier molecular flexibility index (Phi) is 60.4. The molecule has 0 spiro atoms. The van der Waals surface area contributed by atoms with Crippen molar-refractivity contribution in [2.45, 2.75) is 284 Å². The van der Waals surface area contributed by atoms with E-state index in [1.165, 1.54) is 103 Å². The number of allylic oxidation sites excluding steroid dienone is 22. The quantitative estimate of drug-likeness (QED) is 0.0261. The molecule has 6 heteroatoms. The SMILES string of the molecule is CC/C=C\C/C=C\C/C=C\C/C=C\C/C=C\C/C=C\CCCCC(=O)OC(COC(=O)CCCCCCCCC/C=C\C/C=C\C/C=C\C/C=C\C/C=C\CC)COC(=O)CCCCCCCCCCCCCCCCC. The predicted molar refractivity (Wildman–Crippen MR) is 334 cm³/mol. The van der Waals surface area contributed by atoms with Crippen LogP contribution in [0, 0.1) is 0 Å². The minimum absolute atomic E-state index is 0.101. The molecule has 0 aliphatic carbocycles. The third-order valence-corrected chi connectivity index (χ3v) is 13.2. The van der Waals surface area contributed by atoms with Crippen LogP contribution in [0.25, 0.3) is 0 Å². The average molecular weight is 1070 g/mol. The van der Waals surface area contributed by atoms with Gasteiger partial charge in [-0.1, -0.05) is 276 Å². The Morgan fingerprint density at radius 1 is 0.273 bits per heavy atom. The minimum Gasteiger partial charge on any atom is -0.462 e. The van der Waals surface area contributed by atoms with Crippen LogP contribution in [0.2, 0.25) is 0 Å². The fourth-order valence-electron chi connectivity index (χ4n) is 8.47. The van der Waals surface area contributed by atoms with Crippen LogP contribution < -0.4 is 0 Å². The Hall–Kier alpha value is -4.45. The normalized spacial score (nSPS) is 13.0. The first-order valence-corrected chi connectivity index (χ1v) is 31.7. The molecule has 0 aliphatic rings. The minimum atomic E-state index is -0.811. The fraction of sp³-hybridized carbons (Fsp3) is 0.648. The molecule has 0 fully saturated rings. The van der Waals surface area contributed by atoms with Gasteiger partial charge in [-0.25, -0.2) is 0 Å². The zero-order valence-corrected chi connectivity index (χ0v) is 49.9. The van der Waals surface area contributed by atoms with Crippen molar-refractivity contribution < 1.29 is 28.6 Å². The molecule has 0 bridgehead atoms. The summed E-state index contributed by atoms with van der Waals surface area (Å²) in [4.78, 5) is 38.3. The average Bonchev–Trinajstić information content (AvgIpc) is 3.43. The molecule has 0 aliphatic heterocycles. The lowest BCUT2D eigenvalue weighted by Gasteiger charge is -2.18. The molecule has 0 aromatic rings. The maximum Gasteiger partial charge on any atom is 0.306 e. The molecule has 0 aromatic heterocycles. The summed E-state index contributed by atoms with van der Waals surface area (Å²) in [7, 11) is 0. The van der Waals surface area contributed by atoms with Crippen LogP contribution in [0.1, 0.15) is 278 Å². The van der Waals surface area contributed by atoms with Gasteiger partial charge in [0.1, 0.15) is 13.2 Å². The van der Waals surface area contributed by atoms with Crippen LogP contribution in [0.3, 0.4) is 0 Å². The van der Waals surface area contributed by atoms with Gasteiger partial charge in [-0.15, -0.1) is 0 Å². The van der Waals surface area contributed by atoms with Gasteiger partial charge in [0, 0.05) is 19.3 Å². The molecule has 0 saturated heterocycles. The molecule has 0 N–H and O–H groups in total. The molecule has 6 nitrogen and oxygen atoms in total. The fourth-order valence-corrected chi connectivity index (χ4v) is 8.47. The van der Waals surface area contributed by atoms with E-state index in [9.17, 15) is 14.4 Å². The van der Waals surface area contributed by atoms with Crippen LogP contribution in [-0.2, 0) is 28.6 Å². The monoisotopic (exact) mass is 1060 g/mol. The number of hydrogen-bond donors (Lipinski definition) is 0. The molecule has 1 atom stereocenters. The second-order valence-corrected chi connectivity index (χ2v) is 20.6. The second kappa shape index (κ2) is 64.1. The summed E-state index contributed by atoms with van der Waals surface area (Å²) in [5.74, 6) is -0.952. The molecule has 0 saturated carbocycles. The predicted octanol–water partition coefficient (Wildman–Crippen LogP) is 21.8. The third-order valence-electron chi connectivity index (χ3n) is 13.2. The maximum atomic E-state index is 12.9. The van der Waals surface area contributed by atoms with Gasteiger partial charge in [-0.05, 0) is 116 Å². The van der Waals surface area contributed by atoms with E-state index in [1.807, 2.05) is 0 Å². The van der Waals surface area contributed by atoms with E-state index in [1.54, 1.807) is 0 Å². The summed E-state index contributed by atoms with van der Waals surface area (Å²) in [5.41, 5.74) is 0. The van der Waals surface area contributed by atoms with Crippen molar-refractivity contribution in [2.24, 2.45) is 0 Å². The summed E-state index contributed by atoms with van der Waals surface area (Å²) in [6.45, 7) is 6.38. The topological polar surface area (TPSA) is 78.9 Å². The van der Waals surface area contributed by atoms with Gasteiger partial charge in [-0.2, -0.15) is 0 Å². The highest BCUT2D eigenvalue weighted by Gasteiger charge is 2.19. The summed E-state index contributed by atoms with van der Waals surface area (Å²) >= 11 is 0. The number of ether oxygens (including phenoxy) is 3. The van der Waals surface area contributed by atoms with Crippen LogP contribution >= 0.6 is 0 Å². The van der Waals surface area contributed by atoms with Crippen LogP contribution in [0.5, 0.6) is 0 Å². The molecule has 0 amide bonds. The molecule has 0 rings (SSSR count). The number of esters is 3. The molecule has 1 unspecified atom stereocenters. The van der Waals surface area contributed by atoms with Crippen molar-refractivity contribution in [2.75, 3.05) is 13.2 Å². The van der Waals surface area contributed by atoms with E-state index < -0.39 is 6.10 Å². The zero-order chi connectivity index (χ0) is 55.7. The lowest BCUT2D eigenvalue weighted by molar-refractivity contribution is -0.167. The zero-order valence-electron chi connectivity index (χ0n) is 49.9. The maximum absolute atomic E-state index is 12.9. The van der Waals surface area contributed by atoms with E-state index in [0.29, 0.717) is 19.3 Å². The van der Waals surface area contributed by atoms with Crippen LogP contribution in [0.15, 0.2) is 134 Å². The lowest BCUT2D eigenvalue weighted by Crippen LogP contribution is -2.30. The van der Waals surface area contributed by atoms with Gasteiger partial charge >= 0.3 is 17.9 Å². The van der Waals surface area contributed by atoms with Crippen molar-refractivity contribution in [3.05, 3.63) is 134 Å². The van der Waals surface area contributed by atoms with Gasteiger partial charge in [0.2, 0.25) is 0 Å². The third kappa shape index (κ3) is 62.3. The lowest BCUT2D eigenvalue weighted by atomic mass is 10.0. The van der Waals surface area contributed by atoms with Gasteiger partial charge < -0.3 is 14.2 Å².